The third-order valence-electron chi connectivity index (χ3n) is 4.97. The number of amides is 1. The van der Waals surface area contributed by atoms with Gasteiger partial charge >= 0.3 is 0 Å². The van der Waals surface area contributed by atoms with E-state index in [2.05, 4.69) is 9.62 Å². The van der Waals surface area contributed by atoms with Gasteiger partial charge in [-0.2, -0.15) is 4.72 Å². The van der Waals surface area contributed by atoms with Gasteiger partial charge in [0.1, 0.15) is 6.04 Å². The molecule has 8 nitrogen and oxygen atoms in total. The molecule has 1 amide bonds. The number of hydrogen-bond donors (Lipinski definition) is 2. The maximum absolute atomic E-state index is 12.6. The number of benzene rings is 1. The molecule has 3 atom stereocenters. The lowest BCUT2D eigenvalue weighted by atomic mass is 9.97. The van der Waals surface area contributed by atoms with E-state index >= 15 is 0 Å². The number of primary amides is 1. The lowest BCUT2D eigenvalue weighted by Crippen LogP contribution is -2.55. The first-order chi connectivity index (χ1) is 12.4. The van der Waals surface area contributed by atoms with Gasteiger partial charge in [-0.15, -0.1) is 0 Å². The molecule has 1 aromatic carbocycles. The minimum atomic E-state index is -4.02. The van der Waals surface area contributed by atoms with Crippen molar-refractivity contribution in [2.24, 2.45) is 5.73 Å². The molecule has 27 heavy (non-hydrogen) atoms. The summed E-state index contributed by atoms with van der Waals surface area (Å²) in [6, 6.07) is 4.22. The third kappa shape index (κ3) is 5.50. The maximum Gasteiger partial charge on any atom is 0.241 e. The summed E-state index contributed by atoms with van der Waals surface area (Å²) in [6.45, 7) is 4.29. The largest absolute Gasteiger partial charge is 0.368 e. The smallest absolute Gasteiger partial charge is 0.241 e. The molecule has 0 unspecified atom stereocenters. The van der Waals surface area contributed by atoms with Crippen LogP contribution in [0.2, 0.25) is 0 Å². The van der Waals surface area contributed by atoms with Crippen molar-refractivity contribution >= 4 is 25.8 Å². The Bertz CT molecular complexity index is 872. The molecule has 2 rings (SSSR count). The van der Waals surface area contributed by atoms with Gasteiger partial charge in [0.05, 0.1) is 9.79 Å². The van der Waals surface area contributed by atoms with Crippen LogP contribution in [0.1, 0.15) is 33.1 Å². The van der Waals surface area contributed by atoms with Gasteiger partial charge in [0.2, 0.25) is 15.9 Å². The second kappa shape index (κ2) is 8.26. The Morgan fingerprint density at radius 2 is 1.59 bits per heavy atom. The van der Waals surface area contributed by atoms with E-state index in [0.717, 1.165) is 25.5 Å². The molecule has 1 fully saturated rings. The SMILES string of the molecule is C[C@@H]1CCC[C@H](C)N1C[C@@H](NS(=O)(=O)c1ccc(S(C)(=O)=O)cc1)C(N)=O. The summed E-state index contributed by atoms with van der Waals surface area (Å²) in [6.07, 6.45) is 4.10. The molecule has 0 bridgehead atoms. The summed E-state index contributed by atoms with van der Waals surface area (Å²) < 4.78 is 50.6. The lowest BCUT2D eigenvalue weighted by Gasteiger charge is -2.40. The number of carbonyl (C=O) groups excluding carboxylic acids is 1. The van der Waals surface area contributed by atoms with Crippen molar-refractivity contribution in [3.05, 3.63) is 24.3 Å². The molecule has 152 valence electrons. The second-order valence-electron chi connectivity index (χ2n) is 7.15. The Kier molecular flexibility index (Phi) is 6.67. The number of piperidine rings is 1. The van der Waals surface area contributed by atoms with Crippen LogP contribution in [-0.4, -0.2) is 58.6 Å². The van der Waals surface area contributed by atoms with E-state index in [4.69, 9.17) is 5.73 Å². The van der Waals surface area contributed by atoms with E-state index in [1.807, 2.05) is 13.8 Å². The van der Waals surface area contributed by atoms with Crippen LogP contribution in [-0.2, 0) is 24.7 Å². The van der Waals surface area contributed by atoms with Gasteiger partial charge in [0.25, 0.3) is 0 Å². The zero-order chi connectivity index (χ0) is 20.4. The number of rotatable bonds is 7. The Morgan fingerprint density at radius 1 is 1.11 bits per heavy atom. The fourth-order valence-electron chi connectivity index (χ4n) is 3.35. The fraction of sp³-hybridized carbons (Fsp3) is 0.588. The van der Waals surface area contributed by atoms with Gasteiger partial charge in [-0.1, -0.05) is 6.42 Å². The minimum absolute atomic E-state index is 0.0175. The summed E-state index contributed by atoms with van der Waals surface area (Å²) in [4.78, 5) is 13.9. The standard InChI is InChI=1S/C17H27N3O5S2/c1-12-5-4-6-13(2)20(12)11-16(17(18)21)19-27(24,25)15-9-7-14(8-10-15)26(3,22)23/h7-10,12-13,16,19H,4-6,11H2,1-3H3,(H2,18,21)/t12-,13+,16-/m1/s1. The fourth-order valence-corrected chi connectivity index (χ4v) is 5.18. The van der Waals surface area contributed by atoms with Crippen LogP contribution < -0.4 is 10.5 Å². The van der Waals surface area contributed by atoms with Gasteiger partial charge in [-0.3, -0.25) is 9.69 Å². The highest BCUT2D eigenvalue weighted by Gasteiger charge is 2.31. The van der Waals surface area contributed by atoms with Crippen LogP contribution >= 0.6 is 0 Å². The van der Waals surface area contributed by atoms with Crippen LogP contribution in [0.4, 0.5) is 0 Å². The number of hydrogen-bond acceptors (Lipinski definition) is 6. The van der Waals surface area contributed by atoms with Gasteiger partial charge in [0.15, 0.2) is 9.84 Å². The van der Waals surface area contributed by atoms with Crippen LogP contribution in [0.15, 0.2) is 34.1 Å². The first-order valence-corrected chi connectivity index (χ1v) is 12.2. The van der Waals surface area contributed by atoms with Crippen molar-refractivity contribution in [3.8, 4) is 0 Å². The Hall–Kier alpha value is -1.49. The van der Waals surface area contributed by atoms with Crippen LogP contribution in [0.25, 0.3) is 0 Å². The highest BCUT2D eigenvalue weighted by atomic mass is 32.2. The van der Waals surface area contributed by atoms with E-state index in [1.54, 1.807) is 0 Å². The van der Waals surface area contributed by atoms with Crippen molar-refractivity contribution in [2.45, 2.75) is 61.0 Å². The minimum Gasteiger partial charge on any atom is -0.368 e. The topological polar surface area (TPSA) is 127 Å². The molecule has 1 aliphatic rings. The van der Waals surface area contributed by atoms with E-state index in [-0.39, 0.29) is 28.4 Å². The molecule has 1 aliphatic heterocycles. The monoisotopic (exact) mass is 417 g/mol. The highest BCUT2D eigenvalue weighted by Crippen LogP contribution is 2.23. The maximum atomic E-state index is 12.6. The zero-order valence-corrected chi connectivity index (χ0v) is 17.4. The molecular formula is C17H27N3O5S2. The molecule has 10 heteroatoms. The van der Waals surface area contributed by atoms with Gasteiger partial charge in [-0.25, -0.2) is 16.8 Å². The Morgan fingerprint density at radius 3 is 2.04 bits per heavy atom. The first-order valence-electron chi connectivity index (χ1n) is 8.79. The molecule has 0 aliphatic carbocycles. The van der Waals surface area contributed by atoms with Crippen molar-refractivity contribution in [1.82, 2.24) is 9.62 Å². The van der Waals surface area contributed by atoms with E-state index in [9.17, 15) is 21.6 Å². The van der Waals surface area contributed by atoms with E-state index in [1.165, 1.54) is 24.3 Å². The number of likely N-dealkylation sites (tertiary alicyclic amines) is 1. The summed E-state index contributed by atoms with van der Waals surface area (Å²) in [7, 11) is -7.45. The predicted octanol–water partition coefficient (Wildman–Crippen LogP) is 0.485. The van der Waals surface area contributed by atoms with Crippen molar-refractivity contribution < 1.29 is 21.6 Å². The normalized spacial score (nSPS) is 23.1. The summed E-state index contributed by atoms with van der Waals surface area (Å²) in [5.74, 6) is -0.753. The average Bonchev–Trinajstić information content (AvgIpc) is 2.56. The molecule has 0 radical (unpaired) electrons. The third-order valence-corrected chi connectivity index (χ3v) is 7.59. The molecule has 0 saturated carbocycles. The second-order valence-corrected chi connectivity index (χ2v) is 10.9. The number of nitrogens with zero attached hydrogens (tertiary/aromatic N) is 1. The number of carbonyl (C=O) groups is 1. The number of sulfone groups is 1. The molecule has 0 aromatic heterocycles. The zero-order valence-electron chi connectivity index (χ0n) is 15.8. The van der Waals surface area contributed by atoms with Crippen molar-refractivity contribution in [2.75, 3.05) is 12.8 Å². The molecule has 1 saturated heterocycles. The quantitative estimate of drug-likeness (QED) is 0.665. The number of sulfonamides is 1. The van der Waals surface area contributed by atoms with E-state index < -0.39 is 31.8 Å². The molecule has 1 heterocycles. The number of nitrogens with two attached hydrogens (primary N) is 1. The molecule has 1 aromatic rings. The van der Waals surface area contributed by atoms with Gasteiger partial charge < -0.3 is 5.73 Å². The summed E-state index contributed by atoms with van der Waals surface area (Å²) in [5, 5.41) is 0. The van der Waals surface area contributed by atoms with Crippen LogP contribution in [0.3, 0.4) is 0 Å². The Labute approximate surface area is 161 Å². The van der Waals surface area contributed by atoms with Crippen LogP contribution in [0.5, 0.6) is 0 Å². The van der Waals surface area contributed by atoms with Gasteiger partial charge in [-0.05, 0) is 51.0 Å². The molecule has 0 spiro atoms. The van der Waals surface area contributed by atoms with Gasteiger partial charge in [0, 0.05) is 24.9 Å². The van der Waals surface area contributed by atoms with E-state index in [0.29, 0.717) is 0 Å². The highest BCUT2D eigenvalue weighted by molar-refractivity contribution is 7.90. The van der Waals surface area contributed by atoms with Crippen molar-refractivity contribution in [1.29, 1.82) is 0 Å². The van der Waals surface area contributed by atoms with Crippen molar-refractivity contribution in [3.63, 3.8) is 0 Å². The number of nitrogens with one attached hydrogen (secondary N) is 1. The first kappa shape index (κ1) is 21.8. The molecular weight excluding hydrogens is 390 g/mol. The van der Waals surface area contributed by atoms with Crippen LogP contribution in [0, 0.1) is 0 Å². The molecule has 3 N–H and O–H groups in total. The predicted molar refractivity (Wildman–Crippen MR) is 102 cm³/mol. The lowest BCUT2D eigenvalue weighted by molar-refractivity contribution is -0.120. The summed E-state index contributed by atoms with van der Waals surface area (Å²) in [5.41, 5.74) is 5.44. The average molecular weight is 418 g/mol. The summed E-state index contributed by atoms with van der Waals surface area (Å²) >= 11 is 0. The Balaban J connectivity index is 2.20.